The van der Waals surface area contributed by atoms with Crippen molar-refractivity contribution in [3.8, 4) is 5.95 Å². The highest BCUT2D eigenvalue weighted by molar-refractivity contribution is 5.77. The Morgan fingerprint density at radius 1 is 0.906 bits per heavy atom. The molecule has 5 rings (SSSR count). The Morgan fingerprint density at radius 2 is 1.62 bits per heavy atom. The van der Waals surface area contributed by atoms with E-state index in [1.807, 2.05) is 23.6 Å². The largest absolute Gasteiger partial charge is 0.378 e. The molecule has 0 amide bonds. The van der Waals surface area contributed by atoms with E-state index in [0.717, 1.165) is 0 Å². The van der Waals surface area contributed by atoms with E-state index < -0.39 is 6.43 Å². The van der Waals surface area contributed by atoms with Gasteiger partial charge in [0.15, 0.2) is 5.82 Å². The summed E-state index contributed by atoms with van der Waals surface area (Å²) in [5, 5.41) is 0. The topological polar surface area (TPSA) is 81.4 Å². The first-order valence-corrected chi connectivity index (χ1v) is 10.8. The number of alkyl halides is 2. The van der Waals surface area contributed by atoms with E-state index in [4.69, 9.17) is 14.5 Å². The minimum atomic E-state index is -2.78. The van der Waals surface area contributed by atoms with Gasteiger partial charge in [-0.15, -0.1) is 0 Å². The number of fused-ring (bicyclic) bond motifs is 1. The van der Waals surface area contributed by atoms with E-state index in [-0.39, 0.29) is 23.9 Å². The Balaban J connectivity index is 1.68. The second kappa shape index (κ2) is 8.55. The van der Waals surface area contributed by atoms with Gasteiger partial charge in [0.1, 0.15) is 0 Å². The Morgan fingerprint density at radius 3 is 2.41 bits per heavy atom. The van der Waals surface area contributed by atoms with Crippen molar-refractivity contribution < 1.29 is 18.3 Å². The number of hydrogen-bond donors (Lipinski definition) is 0. The highest BCUT2D eigenvalue weighted by Gasteiger charge is 2.30. The summed E-state index contributed by atoms with van der Waals surface area (Å²) in [5.74, 6) is 0.626. The van der Waals surface area contributed by atoms with E-state index in [1.54, 1.807) is 24.3 Å². The molecule has 2 aliphatic heterocycles. The number of nitrogens with zero attached hydrogens (tertiary/aromatic N) is 7. The molecule has 11 heteroatoms. The lowest BCUT2D eigenvalue weighted by Crippen LogP contribution is -2.49. The van der Waals surface area contributed by atoms with Crippen molar-refractivity contribution in [2.45, 2.75) is 32.4 Å². The lowest BCUT2D eigenvalue weighted by molar-refractivity contribution is 0.0277. The average Bonchev–Trinajstić information content (AvgIpc) is 3.21. The molecule has 0 saturated carbocycles. The first kappa shape index (κ1) is 21.0. The van der Waals surface area contributed by atoms with Crippen LogP contribution in [0.2, 0.25) is 0 Å². The Labute approximate surface area is 184 Å². The monoisotopic (exact) mass is 445 g/mol. The fourth-order valence-corrected chi connectivity index (χ4v) is 4.09. The number of para-hydroxylation sites is 2. The van der Waals surface area contributed by atoms with Gasteiger partial charge < -0.3 is 19.3 Å². The van der Waals surface area contributed by atoms with Gasteiger partial charge in [0.05, 0.1) is 43.0 Å². The molecule has 9 nitrogen and oxygen atoms in total. The highest BCUT2D eigenvalue weighted by Crippen LogP contribution is 2.29. The molecule has 0 aliphatic carbocycles. The summed E-state index contributed by atoms with van der Waals surface area (Å²) in [5.41, 5.74) is 0.988. The van der Waals surface area contributed by atoms with Crippen LogP contribution in [0.5, 0.6) is 0 Å². The Kier molecular flexibility index (Phi) is 5.60. The maximum Gasteiger partial charge on any atom is 0.296 e. The zero-order valence-electron chi connectivity index (χ0n) is 18.0. The summed E-state index contributed by atoms with van der Waals surface area (Å²) >= 11 is 0. The second-order valence-electron chi connectivity index (χ2n) is 7.94. The molecular formula is C21H25F2N7O2. The van der Waals surface area contributed by atoms with Crippen LogP contribution in [0, 0.1) is 0 Å². The maximum absolute atomic E-state index is 14.0. The molecule has 0 N–H and O–H groups in total. The van der Waals surface area contributed by atoms with Gasteiger partial charge in [-0.3, -0.25) is 4.57 Å². The van der Waals surface area contributed by atoms with Crippen molar-refractivity contribution in [1.82, 2.24) is 24.5 Å². The summed E-state index contributed by atoms with van der Waals surface area (Å²) in [6.07, 6.45) is -2.79. The number of hydrogen-bond acceptors (Lipinski definition) is 8. The summed E-state index contributed by atoms with van der Waals surface area (Å²) in [6.45, 7) is 7.52. The van der Waals surface area contributed by atoms with Gasteiger partial charge in [-0.25, -0.2) is 13.8 Å². The van der Waals surface area contributed by atoms with Crippen molar-refractivity contribution in [3.63, 3.8) is 0 Å². The van der Waals surface area contributed by atoms with Gasteiger partial charge in [0.25, 0.3) is 6.43 Å². The predicted octanol–water partition coefficient (Wildman–Crippen LogP) is 2.60. The zero-order chi connectivity index (χ0) is 22.2. The van der Waals surface area contributed by atoms with E-state index in [0.29, 0.717) is 62.4 Å². The quantitative estimate of drug-likeness (QED) is 0.606. The molecule has 32 heavy (non-hydrogen) atoms. The third-order valence-electron chi connectivity index (χ3n) is 6.02. The van der Waals surface area contributed by atoms with Gasteiger partial charge >= 0.3 is 0 Å². The van der Waals surface area contributed by atoms with Crippen LogP contribution in [0.3, 0.4) is 0 Å². The van der Waals surface area contributed by atoms with Crippen LogP contribution in [-0.4, -0.2) is 76.1 Å². The van der Waals surface area contributed by atoms with Crippen molar-refractivity contribution in [2.24, 2.45) is 0 Å². The number of morpholine rings is 2. The summed E-state index contributed by atoms with van der Waals surface area (Å²) < 4.78 is 40.5. The number of imidazole rings is 1. The maximum atomic E-state index is 14.0. The summed E-state index contributed by atoms with van der Waals surface area (Å²) in [6, 6.07) is 7.02. The van der Waals surface area contributed by atoms with Gasteiger partial charge in [0, 0.05) is 19.6 Å². The third-order valence-corrected chi connectivity index (χ3v) is 6.02. The van der Waals surface area contributed by atoms with E-state index in [9.17, 15) is 8.78 Å². The van der Waals surface area contributed by atoms with Crippen LogP contribution in [0.4, 0.5) is 20.7 Å². The molecule has 3 aromatic rings. The number of benzene rings is 1. The standard InChI is InChI=1S/C21H25F2N7O2/c1-13-14(2)32-12-9-29(13)20-25-19(28-7-10-31-11-8-28)26-21(27-20)30-16-6-4-3-5-15(16)24-18(30)17(22)23/h3-6,13-14,17H,7-12H2,1-2H3/t13-,14+/m1/s1. The van der Waals surface area contributed by atoms with E-state index in [1.165, 1.54) is 4.57 Å². The van der Waals surface area contributed by atoms with Gasteiger partial charge in [0.2, 0.25) is 17.8 Å². The lowest BCUT2D eigenvalue weighted by atomic mass is 10.1. The lowest BCUT2D eigenvalue weighted by Gasteiger charge is -2.38. The highest BCUT2D eigenvalue weighted by atomic mass is 19.3. The summed E-state index contributed by atoms with van der Waals surface area (Å²) in [4.78, 5) is 22.2. The number of ether oxygens (including phenoxy) is 2. The predicted molar refractivity (Wildman–Crippen MR) is 115 cm³/mol. The molecule has 0 spiro atoms. The fraction of sp³-hybridized carbons (Fsp3) is 0.524. The van der Waals surface area contributed by atoms with Crippen molar-refractivity contribution >= 4 is 22.9 Å². The Bertz CT molecular complexity index is 1100. The molecule has 1 aromatic carbocycles. The van der Waals surface area contributed by atoms with Crippen LogP contribution in [-0.2, 0) is 9.47 Å². The third kappa shape index (κ3) is 3.75. The smallest absolute Gasteiger partial charge is 0.296 e. The normalized spacial score (nSPS) is 22.2. The van der Waals surface area contributed by atoms with Gasteiger partial charge in [-0.1, -0.05) is 12.1 Å². The van der Waals surface area contributed by atoms with Crippen LogP contribution >= 0.6 is 0 Å². The molecule has 0 unspecified atom stereocenters. The fourth-order valence-electron chi connectivity index (χ4n) is 4.09. The van der Waals surface area contributed by atoms with Crippen LogP contribution in [0.1, 0.15) is 26.1 Å². The van der Waals surface area contributed by atoms with Gasteiger partial charge in [-0.2, -0.15) is 15.0 Å². The Hall–Kier alpha value is -2.92. The van der Waals surface area contributed by atoms with Crippen LogP contribution < -0.4 is 9.80 Å². The first-order valence-electron chi connectivity index (χ1n) is 10.8. The second-order valence-corrected chi connectivity index (χ2v) is 7.94. The molecule has 2 aromatic heterocycles. The first-order chi connectivity index (χ1) is 15.5. The zero-order valence-corrected chi connectivity index (χ0v) is 18.0. The minimum Gasteiger partial charge on any atom is -0.378 e. The molecular weight excluding hydrogens is 420 g/mol. The van der Waals surface area contributed by atoms with E-state index in [2.05, 4.69) is 15.0 Å². The molecule has 2 saturated heterocycles. The van der Waals surface area contributed by atoms with Crippen molar-refractivity contribution in [3.05, 3.63) is 30.1 Å². The molecule has 4 heterocycles. The molecule has 0 radical (unpaired) electrons. The van der Waals surface area contributed by atoms with Crippen molar-refractivity contribution in [1.29, 1.82) is 0 Å². The molecule has 170 valence electrons. The van der Waals surface area contributed by atoms with Crippen LogP contribution in [0.15, 0.2) is 24.3 Å². The van der Waals surface area contributed by atoms with Crippen LogP contribution in [0.25, 0.3) is 17.0 Å². The number of aromatic nitrogens is 5. The average molecular weight is 445 g/mol. The molecule has 0 bridgehead atoms. The molecule has 2 aliphatic rings. The SMILES string of the molecule is C[C@@H]1OCCN(c2nc(N3CCOCC3)nc(-n3c(C(F)F)nc4ccccc43)n2)[C@@H]1C. The number of anilines is 2. The van der Waals surface area contributed by atoms with Gasteiger partial charge in [-0.05, 0) is 26.0 Å². The van der Waals surface area contributed by atoms with E-state index >= 15 is 0 Å². The summed E-state index contributed by atoms with van der Waals surface area (Å²) in [7, 11) is 0. The number of rotatable bonds is 4. The minimum absolute atomic E-state index is 0.0125. The number of halogens is 2. The molecule has 2 atom stereocenters. The van der Waals surface area contributed by atoms with Crippen molar-refractivity contribution in [2.75, 3.05) is 49.3 Å². The molecule has 2 fully saturated rings.